The SMILES string of the molecule is Cc1cc(-n2c(O)c3n(c2=O)C2CC3N(C(=O)Oc3ccc(F)cc3)C2)cnc1C#N. The maximum atomic E-state index is 13.1. The van der Waals surface area contributed by atoms with Crippen molar-refractivity contribution in [3.63, 3.8) is 0 Å². The van der Waals surface area contributed by atoms with Crippen LogP contribution in [0, 0.1) is 24.1 Å². The van der Waals surface area contributed by atoms with E-state index >= 15 is 0 Å². The Balaban J connectivity index is 1.48. The van der Waals surface area contributed by atoms with Crippen LogP contribution in [-0.2, 0) is 0 Å². The van der Waals surface area contributed by atoms with Gasteiger partial charge >= 0.3 is 11.8 Å². The Bertz CT molecular complexity index is 1320. The lowest BCUT2D eigenvalue weighted by Gasteiger charge is -2.26. The third-order valence-electron chi connectivity index (χ3n) is 5.74. The Morgan fingerprint density at radius 1 is 1.35 bits per heavy atom. The summed E-state index contributed by atoms with van der Waals surface area (Å²) in [6.45, 7) is 1.95. The van der Waals surface area contributed by atoms with Gasteiger partial charge in [0.1, 0.15) is 29.0 Å². The van der Waals surface area contributed by atoms with E-state index in [9.17, 15) is 19.1 Å². The summed E-state index contributed by atoms with van der Waals surface area (Å²) in [5, 5.41) is 19.9. The molecule has 2 aliphatic rings. The highest BCUT2D eigenvalue weighted by Crippen LogP contribution is 2.48. The van der Waals surface area contributed by atoms with Gasteiger partial charge in [-0.2, -0.15) is 5.26 Å². The van der Waals surface area contributed by atoms with Crippen molar-refractivity contribution in [3.8, 4) is 23.4 Å². The molecule has 1 amide bonds. The predicted molar refractivity (Wildman–Crippen MR) is 104 cm³/mol. The maximum Gasteiger partial charge on any atom is 0.415 e. The van der Waals surface area contributed by atoms with Crippen LogP contribution in [0.5, 0.6) is 11.6 Å². The number of aromatic hydroxyl groups is 1. The number of ether oxygens (including phenoxy) is 1. The summed E-state index contributed by atoms with van der Waals surface area (Å²) in [6.07, 6.45) is 1.20. The number of nitriles is 1. The van der Waals surface area contributed by atoms with E-state index in [1.54, 1.807) is 13.0 Å². The highest BCUT2D eigenvalue weighted by molar-refractivity contribution is 5.72. The third-order valence-corrected chi connectivity index (χ3v) is 5.74. The number of carbonyl (C=O) groups is 1. The van der Waals surface area contributed by atoms with E-state index < -0.39 is 23.6 Å². The first-order chi connectivity index (χ1) is 14.9. The number of benzene rings is 1. The smallest absolute Gasteiger partial charge is 0.415 e. The van der Waals surface area contributed by atoms with Crippen LogP contribution in [0.1, 0.15) is 35.5 Å². The van der Waals surface area contributed by atoms with Crippen LogP contribution in [-0.4, -0.2) is 36.8 Å². The quantitative estimate of drug-likeness (QED) is 0.680. The van der Waals surface area contributed by atoms with E-state index in [-0.39, 0.29) is 29.9 Å². The number of hydrogen-bond acceptors (Lipinski definition) is 6. The van der Waals surface area contributed by atoms with Gasteiger partial charge < -0.3 is 9.84 Å². The van der Waals surface area contributed by atoms with Crippen LogP contribution in [0.15, 0.2) is 41.3 Å². The maximum absolute atomic E-state index is 13.1. The monoisotopic (exact) mass is 421 g/mol. The lowest BCUT2D eigenvalue weighted by atomic mass is 10.2. The Labute approximate surface area is 175 Å². The Kier molecular flexibility index (Phi) is 4.08. The zero-order valence-corrected chi connectivity index (χ0v) is 16.3. The number of halogens is 1. The fraction of sp³-hybridized carbons (Fsp3) is 0.238. The second kappa shape index (κ2) is 6.70. The molecular formula is C21H16FN5O4. The molecule has 10 heteroatoms. The molecule has 1 fully saturated rings. The molecule has 0 aliphatic carbocycles. The van der Waals surface area contributed by atoms with Gasteiger partial charge in [-0.05, 0) is 49.2 Å². The van der Waals surface area contributed by atoms with Gasteiger partial charge in [-0.25, -0.2) is 23.5 Å². The standard InChI is InChI=1S/C21H16FN5O4/c1-11-6-13(9-24-16(11)8-23)27-19(28)18-17-7-14(26(18)20(27)29)10-25(17)21(30)31-15-4-2-12(22)3-5-15/h2-6,9,14,17,28H,7,10H2,1H3. The molecule has 2 atom stereocenters. The number of aromatic nitrogens is 3. The molecule has 9 nitrogen and oxygen atoms in total. The van der Waals surface area contributed by atoms with Crippen LogP contribution in [0.25, 0.3) is 5.69 Å². The molecule has 2 aromatic heterocycles. The summed E-state index contributed by atoms with van der Waals surface area (Å²) in [5.74, 6) is -0.516. The van der Waals surface area contributed by atoms with Crippen molar-refractivity contribution in [1.29, 1.82) is 5.26 Å². The van der Waals surface area contributed by atoms with E-state index in [0.29, 0.717) is 23.4 Å². The molecule has 2 bridgehead atoms. The number of nitrogens with zero attached hydrogens (tertiary/aromatic N) is 5. The fourth-order valence-corrected chi connectivity index (χ4v) is 4.34. The van der Waals surface area contributed by atoms with Gasteiger partial charge in [0.25, 0.3) is 0 Å². The number of amides is 1. The Morgan fingerprint density at radius 2 is 2.10 bits per heavy atom. The molecule has 0 radical (unpaired) electrons. The Hall–Kier alpha value is -4.13. The second-order valence-electron chi connectivity index (χ2n) is 7.55. The second-order valence-corrected chi connectivity index (χ2v) is 7.55. The molecule has 31 heavy (non-hydrogen) atoms. The van der Waals surface area contributed by atoms with Crippen LogP contribution in [0.2, 0.25) is 0 Å². The van der Waals surface area contributed by atoms with Gasteiger partial charge in [0, 0.05) is 6.54 Å². The number of pyridine rings is 1. The van der Waals surface area contributed by atoms with Gasteiger partial charge in [0.15, 0.2) is 0 Å². The molecule has 2 aliphatic heterocycles. The minimum absolute atomic E-state index is 0.201. The topological polar surface area (TPSA) is 113 Å². The average Bonchev–Trinajstić information content (AvgIpc) is 3.41. The molecule has 1 aromatic carbocycles. The van der Waals surface area contributed by atoms with Crippen molar-refractivity contribution in [2.75, 3.05) is 6.54 Å². The van der Waals surface area contributed by atoms with Crippen molar-refractivity contribution in [1.82, 2.24) is 19.0 Å². The van der Waals surface area contributed by atoms with Crippen molar-refractivity contribution in [2.45, 2.75) is 25.4 Å². The Morgan fingerprint density at radius 3 is 2.77 bits per heavy atom. The van der Waals surface area contributed by atoms with E-state index in [1.165, 1.54) is 39.9 Å². The molecule has 4 heterocycles. The molecule has 1 saturated heterocycles. The number of carbonyl (C=O) groups excluding carboxylic acids is 1. The summed E-state index contributed by atoms with van der Waals surface area (Å²) in [6, 6.07) is 7.82. The predicted octanol–water partition coefficient (Wildman–Crippen LogP) is 2.56. The number of hydrogen-bond donors (Lipinski definition) is 1. The summed E-state index contributed by atoms with van der Waals surface area (Å²) >= 11 is 0. The van der Waals surface area contributed by atoms with Gasteiger partial charge in [-0.15, -0.1) is 0 Å². The molecule has 1 N–H and O–H groups in total. The number of likely N-dealkylation sites (tertiary alicyclic amines) is 1. The largest absolute Gasteiger partial charge is 0.493 e. The normalized spacial score (nSPS) is 18.7. The van der Waals surface area contributed by atoms with Gasteiger partial charge in [-0.3, -0.25) is 9.47 Å². The summed E-state index contributed by atoms with van der Waals surface area (Å²) in [5.41, 5.74) is 1.04. The molecule has 3 aromatic rings. The van der Waals surface area contributed by atoms with Crippen molar-refractivity contribution in [2.24, 2.45) is 0 Å². The highest BCUT2D eigenvalue weighted by atomic mass is 19.1. The van der Waals surface area contributed by atoms with E-state index in [4.69, 9.17) is 10.00 Å². The van der Waals surface area contributed by atoms with Gasteiger partial charge in [0.05, 0.1) is 24.0 Å². The van der Waals surface area contributed by atoms with Crippen molar-refractivity contribution < 1.29 is 19.0 Å². The molecule has 0 spiro atoms. The van der Waals surface area contributed by atoms with Crippen molar-refractivity contribution >= 4 is 6.09 Å². The molecule has 0 saturated carbocycles. The molecule has 5 rings (SSSR count). The zero-order valence-electron chi connectivity index (χ0n) is 16.3. The number of fused-ring (bicyclic) bond motifs is 5. The number of rotatable bonds is 2. The molecule has 156 valence electrons. The fourth-order valence-electron chi connectivity index (χ4n) is 4.34. The van der Waals surface area contributed by atoms with Crippen LogP contribution in [0.3, 0.4) is 0 Å². The summed E-state index contributed by atoms with van der Waals surface area (Å²) in [4.78, 5) is 31.2. The highest BCUT2D eigenvalue weighted by Gasteiger charge is 2.49. The lowest BCUT2D eigenvalue weighted by molar-refractivity contribution is 0.140. The van der Waals surface area contributed by atoms with Crippen LogP contribution in [0.4, 0.5) is 9.18 Å². The first kappa shape index (κ1) is 18.9. The van der Waals surface area contributed by atoms with Gasteiger partial charge in [0.2, 0.25) is 5.88 Å². The van der Waals surface area contributed by atoms with Crippen LogP contribution >= 0.6 is 0 Å². The van der Waals surface area contributed by atoms with Gasteiger partial charge in [-0.1, -0.05) is 0 Å². The minimum Gasteiger partial charge on any atom is -0.493 e. The first-order valence-electron chi connectivity index (χ1n) is 9.56. The molecular weight excluding hydrogens is 405 g/mol. The van der Waals surface area contributed by atoms with Crippen molar-refractivity contribution in [3.05, 3.63) is 69.8 Å². The summed E-state index contributed by atoms with van der Waals surface area (Å²) < 4.78 is 21.0. The third kappa shape index (κ3) is 2.78. The lowest BCUT2D eigenvalue weighted by Crippen LogP contribution is -2.39. The number of aryl methyl sites for hydroxylation is 1. The first-order valence-corrected chi connectivity index (χ1v) is 9.56. The van der Waals surface area contributed by atoms with E-state index in [1.807, 2.05) is 6.07 Å². The zero-order chi connectivity index (χ0) is 21.9. The average molecular weight is 421 g/mol. The molecule has 2 unspecified atom stereocenters. The van der Waals surface area contributed by atoms with Crippen LogP contribution < -0.4 is 10.4 Å². The minimum atomic E-state index is -0.638. The van der Waals surface area contributed by atoms with E-state index in [2.05, 4.69) is 4.98 Å². The summed E-state index contributed by atoms with van der Waals surface area (Å²) in [7, 11) is 0. The van der Waals surface area contributed by atoms with E-state index in [0.717, 1.165) is 4.57 Å². The number of imidazole rings is 1.